The lowest BCUT2D eigenvalue weighted by Crippen LogP contribution is -2.50. The summed E-state index contributed by atoms with van der Waals surface area (Å²) in [5.74, 6) is 0.210. The van der Waals surface area contributed by atoms with E-state index in [0.29, 0.717) is 31.9 Å². The van der Waals surface area contributed by atoms with Gasteiger partial charge in [0.1, 0.15) is 0 Å². The number of furan rings is 1. The highest BCUT2D eigenvalue weighted by molar-refractivity contribution is 5.93. The smallest absolute Gasteiger partial charge is 0.289 e. The molecule has 6 nitrogen and oxygen atoms in total. The second kappa shape index (κ2) is 9.65. The van der Waals surface area contributed by atoms with Crippen LogP contribution < -0.4 is 4.90 Å². The first-order valence-corrected chi connectivity index (χ1v) is 10.9. The Labute approximate surface area is 177 Å². The van der Waals surface area contributed by atoms with Crippen LogP contribution in [0.4, 0.5) is 5.69 Å². The van der Waals surface area contributed by atoms with Gasteiger partial charge < -0.3 is 19.1 Å². The van der Waals surface area contributed by atoms with Crippen LogP contribution in [0.2, 0.25) is 0 Å². The normalized spacial score (nSPS) is 17.9. The van der Waals surface area contributed by atoms with Crippen molar-refractivity contribution in [3.63, 3.8) is 0 Å². The fraction of sp³-hybridized carbons (Fsp3) is 0.417. The van der Waals surface area contributed by atoms with Gasteiger partial charge in [-0.3, -0.25) is 9.59 Å². The molecular formula is C24H29N3O3. The van der Waals surface area contributed by atoms with E-state index >= 15 is 0 Å². The van der Waals surface area contributed by atoms with Crippen molar-refractivity contribution >= 4 is 23.6 Å². The molecule has 158 valence electrons. The molecule has 1 aromatic heterocycles. The third kappa shape index (κ3) is 4.93. The van der Waals surface area contributed by atoms with Gasteiger partial charge in [0.2, 0.25) is 5.91 Å². The minimum Gasteiger partial charge on any atom is -0.459 e. The van der Waals surface area contributed by atoms with E-state index in [0.717, 1.165) is 18.7 Å². The Morgan fingerprint density at radius 2 is 1.47 bits per heavy atom. The number of nitrogens with zero attached hydrogens (tertiary/aromatic N) is 3. The van der Waals surface area contributed by atoms with E-state index in [4.69, 9.17) is 4.42 Å². The van der Waals surface area contributed by atoms with Crippen molar-refractivity contribution < 1.29 is 14.0 Å². The van der Waals surface area contributed by atoms with Crippen LogP contribution in [-0.4, -0.2) is 60.9 Å². The van der Waals surface area contributed by atoms with Crippen molar-refractivity contribution in [2.75, 3.05) is 44.2 Å². The highest BCUT2D eigenvalue weighted by Gasteiger charge is 2.25. The maximum Gasteiger partial charge on any atom is 0.289 e. The molecule has 2 aliphatic rings. The van der Waals surface area contributed by atoms with Crippen LogP contribution in [0.1, 0.15) is 41.8 Å². The van der Waals surface area contributed by atoms with Gasteiger partial charge in [-0.15, -0.1) is 0 Å². The summed E-state index contributed by atoms with van der Waals surface area (Å²) < 4.78 is 5.18. The zero-order chi connectivity index (χ0) is 20.8. The molecular weight excluding hydrogens is 378 g/mol. The summed E-state index contributed by atoms with van der Waals surface area (Å²) in [5, 5.41) is 0. The van der Waals surface area contributed by atoms with Gasteiger partial charge in [-0.05, 0) is 48.7 Å². The predicted molar refractivity (Wildman–Crippen MR) is 117 cm³/mol. The van der Waals surface area contributed by atoms with Crippen LogP contribution in [-0.2, 0) is 4.79 Å². The number of hydrogen-bond acceptors (Lipinski definition) is 4. The van der Waals surface area contributed by atoms with E-state index in [9.17, 15) is 9.59 Å². The molecule has 0 atom stereocenters. The Bertz CT molecular complexity index is 858. The molecule has 6 heteroatoms. The summed E-state index contributed by atoms with van der Waals surface area (Å²) in [4.78, 5) is 30.8. The molecule has 30 heavy (non-hydrogen) atoms. The lowest BCUT2D eigenvalue weighted by Gasteiger charge is -2.33. The number of piperazine rings is 1. The van der Waals surface area contributed by atoms with Crippen molar-refractivity contribution in [2.24, 2.45) is 0 Å². The average molecular weight is 408 g/mol. The standard InChI is InChI=1S/C24H29N3O3/c28-23(26-15-17-27(18-16-26)24(29)22-6-5-19-30-22)12-9-20-7-10-21(11-8-20)25-13-3-1-2-4-14-25/h5-12,19H,1-4,13-18H2/b12-9+. The lowest BCUT2D eigenvalue weighted by atomic mass is 10.1. The van der Waals surface area contributed by atoms with Crippen molar-refractivity contribution in [1.29, 1.82) is 0 Å². The first-order chi connectivity index (χ1) is 14.7. The van der Waals surface area contributed by atoms with Crippen LogP contribution in [0, 0.1) is 0 Å². The molecule has 0 N–H and O–H groups in total. The number of hydrogen-bond donors (Lipinski definition) is 0. The van der Waals surface area contributed by atoms with E-state index in [-0.39, 0.29) is 11.8 Å². The first kappa shape index (κ1) is 20.3. The molecule has 2 aromatic rings. The average Bonchev–Trinajstić information content (AvgIpc) is 3.20. The Balaban J connectivity index is 1.28. The predicted octanol–water partition coefficient (Wildman–Crippen LogP) is 3.66. The molecule has 0 aliphatic carbocycles. The molecule has 4 rings (SSSR count). The molecule has 2 aliphatic heterocycles. The molecule has 1 aromatic carbocycles. The van der Waals surface area contributed by atoms with Crippen LogP contribution in [0.3, 0.4) is 0 Å². The summed E-state index contributed by atoms with van der Waals surface area (Å²) in [6.07, 6.45) is 10.2. The summed E-state index contributed by atoms with van der Waals surface area (Å²) in [6.45, 7) is 4.35. The third-order valence-electron chi connectivity index (χ3n) is 5.89. The number of carbonyl (C=O) groups excluding carboxylic acids is 2. The second-order valence-electron chi connectivity index (χ2n) is 7.92. The highest BCUT2D eigenvalue weighted by Crippen LogP contribution is 2.20. The topological polar surface area (TPSA) is 57.0 Å². The number of carbonyl (C=O) groups is 2. The van der Waals surface area contributed by atoms with Crippen molar-refractivity contribution in [3.8, 4) is 0 Å². The number of anilines is 1. The van der Waals surface area contributed by atoms with Gasteiger partial charge in [-0.25, -0.2) is 0 Å². The van der Waals surface area contributed by atoms with Gasteiger partial charge in [0.05, 0.1) is 6.26 Å². The molecule has 0 bridgehead atoms. The monoisotopic (exact) mass is 407 g/mol. The quantitative estimate of drug-likeness (QED) is 0.726. The maximum atomic E-state index is 12.5. The minimum absolute atomic E-state index is 0.0170. The highest BCUT2D eigenvalue weighted by atomic mass is 16.3. The summed E-state index contributed by atoms with van der Waals surface area (Å²) in [6, 6.07) is 11.8. The maximum absolute atomic E-state index is 12.5. The van der Waals surface area contributed by atoms with Gasteiger partial charge in [0.25, 0.3) is 5.91 Å². The van der Waals surface area contributed by atoms with Gasteiger partial charge in [0, 0.05) is 51.0 Å². The zero-order valence-electron chi connectivity index (χ0n) is 17.3. The van der Waals surface area contributed by atoms with Crippen LogP contribution >= 0.6 is 0 Å². The van der Waals surface area contributed by atoms with Crippen molar-refractivity contribution in [2.45, 2.75) is 25.7 Å². The van der Waals surface area contributed by atoms with Gasteiger partial charge in [-0.2, -0.15) is 0 Å². The second-order valence-corrected chi connectivity index (χ2v) is 7.92. The molecule has 3 heterocycles. The minimum atomic E-state index is -0.118. The molecule has 0 saturated carbocycles. The van der Waals surface area contributed by atoms with Crippen molar-refractivity contribution in [3.05, 3.63) is 60.1 Å². The molecule has 0 spiro atoms. The van der Waals surface area contributed by atoms with E-state index < -0.39 is 0 Å². The van der Waals surface area contributed by atoms with E-state index in [2.05, 4.69) is 29.2 Å². The Kier molecular flexibility index (Phi) is 6.52. The Morgan fingerprint density at radius 1 is 0.800 bits per heavy atom. The molecule has 2 saturated heterocycles. The SMILES string of the molecule is O=C(/C=C/c1ccc(N2CCCCCC2)cc1)N1CCN(C(=O)c2ccco2)CC1. The van der Waals surface area contributed by atoms with E-state index in [1.807, 2.05) is 6.08 Å². The zero-order valence-corrected chi connectivity index (χ0v) is 17.3. The fourth-order valence-electron chi connectivity index (χ4n) is 4.08. The van der Waals surface area contributed by atoms with Crippen molar-refractivity contribution in [1.82, 2.24) is 9.80 Å². The Morgan fingerprint density at radius 3 is 2.10 bits per heavy atom. The summed E-state index contributed by atoms with van der Waals surface area (Å²) in [7, 11) is 0. The largest absolute Gasteiger partial charge is 0.459 e. The molecule has 0 unspecified atom stereocenters. The molecule has 2 fully saturated rings. The van der Waals surface area contributed by atoms with E-state index in [1.54, 1.807) is 28.0 Å². The fourth-order valence-corrected chi connectivity index (χ4v) is 4.08. The summed E-state index contributed by atoms with van der Waals surface area (Å²) in [5.41, 5.74) is 2.28. The lowest BCUT2D eigenvalue weighted by molar-refractivity contribution is -0.127. The molecule has 0 radical (unpaired) electrons. The Hall–Kier alpha value is -3.02. The number of rotatable bonds is 4. The third-order valence-corrected chi connectivity index (χ3v) is 5.89. The van der Waals surface area contributed by atoms with Crippen LogP contribution in [0.25, 0.3) is 6.08 Å². The van der Waals surface area contributed by atoms with Gasteiger partial charge in [0.15, 0.2) is 5.76 Å². The van der Waals surface area contributed by atoms with E-state index in [1.165, 1.54) is 37.6 Å². The van der Waals surface area contributed by atoms with Gasteiger partial charge in [-0.1, -0.05) is 25.0 Å². The molecule has 2 amide bonds. The summed E-state index contributed by atoms with van der Waals surface area (Å²) >= 11 is 0. The first-order valence-electron chi connectivity index (χ1n) is 10.9. The number of amides is 2. The van der Waals surface area contributed by atoms with Crippen LogP contribution in [0.5, 0.6) is 0 Å². The van der Waals surface area contributed by atoms with Crippen LogP contribution in [0.15, 0.2) is 53.2 Å². The van der Waals surface area contributed by atoms with Gasteiger partial charge >= 0.3 is 0 Å². The number of benzene rings is 1.